The lowest BCUT2D eigenvalue weighted by Crippen LogP contribution is -1.98. The molecule has 1 aromatic carbocycles. The molecule has 0 fully saturated rings. The van der Waals surface area contributed by atoms with Gasteiger partial charge in [0, 0.05) is 17.5 Å². The van der Waals surface area contributed by atoms with Gasteiger partial charge in [-0.3, -0.25) is 10.1 Å². The lowest BCUT2D eigenvalue weighted by molar-refractivity contribution is -0.385. The average Bonchev–Trinajstić information content (AvgIpc) is 2.95. The van der Waals surface area contributed by atoms with Gasteiger partial charge in [-0.2, -0.15) is 0 Å². The minimum absolute atomic E-state index is 0.0712. The van der Waals surface area contributed by atoms with E-state index in [1.807, 2.05) is 12.1 Å². The highest BCUT2D eigenvalue weighted by atomic mass is 16.6. The first-order valence-corrected chi connectivity index (χ1v) is 9.29. The molecule has 1 aliphatic rings. The van der Waals surface area contributed by atoms with Crippen molar-refractivity contribution in [2.75, 3.05) is 0 Å². The second-order valence-electron chi connectivity index (χ2n) is 7.33. The number of benzene rings is 1. The quantitative estimate of drug-likeness (QED) is 0.286. The molecule has 0 N–H and O–H groups in total. The van der Waals surface area contributed by atoms with Crippen LogP contribution < -0.4 is 0 Å². The second-order valence-corrected chi connectivity index (χ2v) is 7.33. The second kappa shape index (κ2) is 9.33. The van der Waals surface area contributed by atoms with Crippen LogP contribution in [0.3, 0.4) is 0 Å². The van der Waals surface area contributed by atoms with Gasteiger partial charge in [0.15, 0.2) is 0 Å². The molecular formula is C23H29NO2. The van der Waals surface area contributed by atoms with Gasteiger partial charge in [0.2, 0.25) is 0 Å². The Balaban J connectivity index is 1.99. The fourth-order valence-electron chi connectivity index (χ4n) is 3.41. The Morgan fingerprint density at radius 1 is 1.23 bits per heavy atom. The van der Waals surface area contributed by atoms with E-state index >= 15 is 0 Å². The number of hydrogen-bond acceptors (Lipinski definition) is 2. The standard InChI is InChI=1S/C23H29NO2/c1-17(2)9-7-10-18(3)11-8-12-20-16-21(15-19(20)4)22-13-5-6-14-23(22)24(25)26/h5-6,9,11,13-14,16,21H,4,7-8,10,12,15H2,1-3H3/b18-11+. The van der Waals surface area contributed by atoms with Crippen molar-refractivity contribution in [2.24, 2.45) is 0 Å². The van der Waals surface area contributed by atoms with Crippen LogP contribution in [0.25, 0.3) is 0 Å². The van der Waals surface area contributed by atoms with E-state index in [4.69, 9.17) is 0 Å². The summed E-state index contributed by atoms with van der Waals surface area (Å²) in [7, 11) is 0. The van der Waals surface area contributed by atoms with Gasteiger partial charge in [0.1, 0.15) is 0 Å². The van der Waals surface area contributed by atoms with Crippen molar-refractivity contribution in [2.45, 2.75) is 58.8 Å². The maximum atomic E-state index is 11.3. The maximum Gasteiger partial charge on any atom is 0.273 e. The fourth-order valence-corrected chi connectivity index (χ4v) is 3.41. The summed E-state index contributed by atoms with van der Waals surface area (Å²) in [6, 6.07) is 7.04. The molecule has 1 aliphatic carbocycles. The predicted molar refractivity (Wildman–Crippen MR) is 109 cm³/mol. The number of para-hydroxylation sites is 1. The highest BCUT2D eigenvalue weighted by molar-refractivity contribution is 5.50. The van der Waals surface area contributed by atoms with E-state index in [1.165, 1.54) is 16.7 Å². The smallest absolute Gasteiger partial charge is 0.258 e. The number of nitro benzene ring substituents is 1. The summed E-state index contributed by atoms with van der Waals surface area (Å²) in [6.45, 7) is 10.6. The average molecular weight is 351 g/mol. The van der Waals surface area contributed by atoms with Crippen molar-refractivity contribution in [3.8, 4) is 0 Å². The van der Waals surface area contributed by atoms with Gasteiger partial charge in [0.05, 0.1) is 4.92 Å². The summed E-state index contributed by atoms with van der Waals surface area (Å²) in [6.07, 6.45) is 11.7. The van der Waals surface area contributed by atoms with E-state index in [1.54, 1.807) is 12.1 Å². The van der Waals surface area contributed by atoms with Crippen LogP contribution >= 0.6 is 0 Å². The molecular weight excluding hydrogens is 322 g/mol. The van der Waals surface area contributed by atoms with Gasteiger partial charge >= 0.3 is 0 Å². The molecule has 1 atom stereocenters. The lowest BCUT2D eigenvalue weighted by atomic mass is 9.96. The Bertz CT molecular complexity index is 764. The highest BCUT2D eigenvalue weighted by Gasteiger charge is 2.26. The number of allylic oxidation sites excluding steroid dienone is 7. The Hall–Kier alpha value is -2.42. The first-order valence-electron chi connectivity index (χ1n) is 9.29. The molecule has 3 heteroatoms. The molecule has 0 bridgehead atoms. The van der Waals surface area contributed by atoms with Gasteiger partial charge in [-0.25, -0.2) is 0 Å². The monoisotopic (exact) mass is 351 g/mol. The van der Waals surface area contributed by atoms with E-state index in [-0.39, 0.29) is 16.5 Å². The number of nitrogens with zero attached hydrogens (tertiary/aromatic N) is 1. The van der Waals surface area contributed by atoms with Gasteiger partial charge in [-0.05, 0) is 58.4 Å². The molecule has 2 rings (SSSR count). The molecule has 1 unspecified atom stereocenters. The van der Waals surface area contributed by atoms with E-state index in [0.29, 0.717) is 0 Å². The van der Waals surface area contributed by atoms with Gasteiger partial charge < -0.3 is 0 Å². The zero-order valence-electron chi connectivity index (χ0n) is 16.1. The van der Waals surface area contributed by atoms with Crippen LogP contribution in [-0.2, 0) is 0 Å². The normalized spacial score (nSPS) is 17.2. The molecule has 0 aromatic heterocycles. The van der Waals surface area contributed by atoms with Crippen molar-refractivity contribution in [3.63, 3.8) is 0 Å². The summed E-state index contributed by atoms with van der Waals surface area (Å²) in [5, 5.41) is 11.3. The van der Waals surface area contributed by atoms with Crippen molar-refractivity contribution in [1.29, 1.82) is 0 Å². The molecule has 0 spiro atoms. The number of rotatable bonds is 8. The van der Waals surface area contributed by atoms with Crippen LogP contribution in [0.4, 0.5) is 5.69 Å². The van der Waals surface area contributed by atoms with Gasteiger partial charge in [-0.1, -0.05) is 59.7 Å². The molecule has 0 saturated heterocycles. The molecule has 3 nitrogen and oxygen atoms in total. The van der Waals surface area contributed by atoms with Crippen molar-refractivity contribution in [3.05, 3.63) is 87.0 Å². The fraction of sp³-hybridized carbons (Fsp3) is 0.391. The molecule has 0 aliphatic heterocycles. The molecule has 0 saturated carbocycles. The van der Waals surface area contributed by atoms with Crippen LogP contribution in [0.1, 0.15) is 64.4 Å². The minimum atomic E-state index is -0.289. The van der Waals surface area contributed by atoms with E-state index < -0.39 is 0 Å². The largest absolute Gasteiger partial charge is 0.273 e. The Labute approximate surface area is 157 Å². The third-order valence-corrected chi connectivity index (χ3v) is 4.85. The SMILES string of the molecule is C=C1CC(c2ccccc2[N+](=O)[O-])C=C1CC/C=C(\C)CCC=C(C)C. The molecule has 0 radical (unpaired) electrons. The predicted octanol–water partition coefficient (Wildman–Crippen LogP) is 7.04. The van der Waals surface area contributed by atoms with Crippen LogP contribution in [-0.4, -0.2) is 4.92 Å². The van der Waals surface area contributed by atoms with Crippen molar-refractivity contribution in [1.82, 2.24) is 0 Å². The van der Waals surface area contributed by atoms with Crippen LogP contribution in [0.15, 0.2) is 71.4 Å². The highest BCUT2D eigenvalue weighted by Crippen LogP contribution is 2.40. The zero-order valence-corrected chi connectivity index (χ0v) is 16.1. The summed E-state index contributed by atoms with van der Waals surface area (Å²) in [5.74, 6) is 0.0712. The van der Waals surface area contributed by atoms with E-state index in [9.17, 15) is 10.1 Å². The van der Waals surface area contributed by atoms with E-state index in [0.717, 1.165) is 43.2 Å². The third-order valence-electron chi connectivity index (χ3n) is 4.85. The Kier molecular flexibility index (Phi) is 7.14. The summed E-state index contributed by atoms with van der Waals surface area (Å²) >= 11 is 0. The first kappa shape index (κ1) is 19.9. The number of hydrogen-bond donors (Lipinski definition) is 0. The lowest BCUT2D eigenvalue weighted by Gasteiger charge is -2.08. The molecule has 0 amide bonds. The van der Waals surface area contributed by atoms with Gasteiger partial charge in [0.25, 0.3) is 5.69 Å². The Morgan fingerprint density at radius 3 is 2.65 bits per heavy atom. The molecule has 1 aromatic rings. The van der Waals surface area contributed by atoms with E-state index in [2.05, 4.69) is 45.6 Å². The zero-order chi connectivity index (χ0) is 19.1. The summed E-state index contributed by atoms with van der Waals surface area (Å²) in [5.41, 5.74) is 6.15. The first-order chi connectivity index (χ1) is 12.4. The molecule has 26 heavy (non-hydrogen) atoms. The number of nitro groups is 1. The van der Waals surface area contributed by atoms with Crippen molar-refractivity contribution < 1.29 is 4.92 Å². The molecule has 138 valence electrons. The molecule has 0 heterocycles. The van der Waals surface area contributed by atoms with Crippen LogP contribution in [0, 0.1) is 10.1 Å². The van der Waals surface area contributed by atoms with Crippen LogP contribution in [0.5, 0.6) is 0 Å². The summed E-state index contributed by atoms with van der Waals surface area (Å²) in [4.78, 5) is 11.0. The van der Waals surface area contributed by atoms with Crippen LogP contribution in [0.2, 0.25) is 0 Å². The summed E-state index contributed by atoms with van der Waals surface area (Å²) < 4.78 is 0. The maximum absolute atomic E-state index is 11.3. The van der Waals surface area contributed by atoms with Gasteiger partial charge in [-0.15, -0.1) is 0 Å². The third kappa shape index (κ3) is 5.55. The Morgan fingerprint density at radius 2 is 1.96 bits per heavy atom. The topological polar surface area (TPSA) is 43.1 Å². The van der Waals surface area contributed by atoms with Crippen molar-refractivity contribution >= 4 is 5.69 Å². The minimum Gasteiger partial charge on any atom is -0.258 e.